The Balaban J connectivity index is 1.41. The van der Waals surface area contributed by atoms with E-state index in [1.165, 1.54) is 37.2 Å². The van der Waals surface area contributed by atoms with Crippen LogP contribution in [0.4, 0.5) is 0 Å². The monoisotopic (exact) mass is 408 g/mol. The number of nitrogens with one attached hydrogen (secondary N) is 2. The summed E-state index contributed by atoms with van der Waals surface area (Å²) in [6.07, 6.45) is 6.19. The molecule has 3 heterocycles. The second kappa shape index (κ2) is 12.4. The molecule has 2 aliphatic heterocycles. The van der Waals surface area contributed by atoms with Crippen LogP contribution < -0.4 is 10.6 Å². The van der Waals surface area contributed by atoms with Crippen molar-refractivity contribution in [2.24, 2.45) is 4.99 Å². The molecule has 3 rings (SSSR count). The molecule has 0 aliphatic carbocycles. The van der Waals surface area contributed by atoms with Gasteiger partial charge in [0, 0.05) is 31.2 Å². The van der Waals surface area contributed by atoms with E-state index in [1.54, 1.807) is 0 Å². The Morgan fingerprint density at radius 2 is 2.25 bits per heavy atom. The molecule has 0 spiro atoms. The number of likely N-dealkylation sites (tertiary alicyclic amines) is 1. The topological polar surface area (TPSA) is 58.1 Å². The molecule has 0 saturated carbocycles. The fourth-order valence-corrected chi connectivity index (χ4v) is 4.66. The molecule has 158 valence electrons. The molecule has 0 aromatic carbocycles. The van der Waals surface area contributed by atoms with E-state index in [9.17, 15) is 0 Å². The zero-order valence-electron chi connectivity index (χ0n) is 17.2. The van der Waals surface area contributed by atoms with Crippen LogP contribution in [-0.4, -0.2) is 69.5 Å². The van der Waals surface area contributed by atoms with Crippen molar-refractivity contribution in [3.8, 4) is 0 Å². The molecular formula is C21H36N4O2S. The van der Waals surface area contributed by atoms with E-state index in [0.29, 0.717) is 12.1 Å². The maximum absolute atomic E-state index is 5.74. The highest BCUT2D eigenvalue weighted by Gasteiger charge is 2.24. The summed E-state index contributed by atoms with van der Waals surface area (Å²) in [7, 11) is 0. The highest BCUT2D eigenvalue weighted by Crippen LogP contribution is 2.28. The van der Waals surface area contributed by atoms with Gasteiger partial charge in [0.05, 0.1) is 25.3 Å². The molecule has 1 aromatic rings. The first-order valence-corrected chi connectivity index (χ1v) is 11.7. The van der Waals surface area contributed by atoms with Gasteiger partial charge in [-0.05, 0) is 63.6 Å². The van der Waals surface area contributed by atoms with Crippen LogP contribution in [-0.2, 0) is 9.47 Å². The van der Waals surface area contributed by atoms with Gasteiger partial charge in [-0.25, -0.2) is 0 Å². The number of ether oxygens (including phenoxy) is 2. The average Bonchev–Trinajstić information content (AvgIpc) is 3.48. The molecule has 2 unspecified atom stereocenters. The summed E-state index contributed by atoms with van der Waals surface area (Å²) < 4.78 is 11.3. The molecule has 28 heavy (non-hydrogen) atoms. The smallest absolute Gasteiger partial charge is 0.191 e. The van der Waals surface area contributed by atoms with Gasteiger partial charge in [-0.15, -0.1) is 11.3 Å². The minimum Gasteiger partial charge on any atom is -0.379 e. The number of nitrogens with zero attached hydrogens (tertiary/aromatic N) is 2. The normalized spacial score (nSPS) is 21.9. The molecule has 2 fully saturated rings. The minimum absolute atomic E-state index is 0.312. The van der Waals surface area contributed by atoms with Crippen LogP contribution in [0.25, 0.3) is 0 Å². The van der Waals surface area contributed by atoms with Crippen LogP contribution in [0.3, 0.4) is 0 Å². The van der Waals surface area contributed by atoms with Crippen molar-refractivity contribution in [1.29, 1.82) is 0 Å². The lowest BCUT2D eigenvalue weighted by molar-refractivity contribution is 0.0168. The van der Waals surface area contributed by atoms with Gasteiger partial charge in [-0.3, -0.25) is 9.89 Å². The Hall–Kier alpha value is -1.15. The number of aliphatic imine (C=N–C) groups is 1. The molecule has 0 bridgehead atoms. The van der Waals surface area contributed by atoms with Crippen molar-refractivity contribution >= 4 is 17.3 Å². The van der Waals surface area contributed by atoms with E-state index in [4.69, 9.17) is 14.5 Å². The fourth-order valence-electron chi connectivity index (χ4n) is 3.81. The third kappa shape index (κ3) is 7.03. The largest absolute Gasteiger partial charge is 0.379 e. The molecule has 7 heteroatoms. The van der Waals surface area contributed by atoms with Gasteiger partial charge in [0.1, 0.15) is 0 Å². The van der Waals surface area contributed by atoms with E-state index in [1.807, 2.05) is 11.3 Å². The number of hydrogen-bond donors (Lipinski definition) is 2. The second-order valence-corrected chi connectivity index (χ2v) is 8.46. The van der Waals surface area contributed by atoms with Crippen LogP contribution >= 0.6 is 11.3 Å². The molecule has 1 aromatic heterocycles. The highest BCUT2D eigenvalue weighted by molar-refractivity contribution is 7.10. The first kappa shape index (κ1) is 21.6. The highest BCUT2D eigenvalue weighted by atomic mass is 32.1. The SMILES string of the molecule is CCNC(=NCC(c1cccs1)N1CCCC1)NCCCOCC1CCCO1. The van der Waals surface area contributed by atoms with Gasteiger partial charge in [0.2, 0.25) is 0 Å². The predicted molar refractivity (Wildman–Crippen MR) is 116 cm³/mol. The Bertz CT molecular complexity index is 555. The Morgan fingerprint density at radius 3 is 2.96 bits per heavy atom. The maximum atomic E-state index is 5.74. The van der Waals surface area contributed by atoms with Gasteiger partial charge in [0.25, 0.3) is 0 Å². The summed E-state index contributed by atoms with van der Waals surface area (Å²) in [5.41, 5.74) is 0. The first-order valence-electron chi connectivity index (χ1n) is 10.9. The van der Waals surface area contributed by atoms with Gasteiger partial charge in [-0.1, -0.05) is 6.07 Å². The molecule has 2 N–H and O–H groups in total. The minimum atomic E-state index is 0.312. The molecule has 0 amide bonds. The second-order valence-electron chi connectivity index (χ2n) is 7.48. The average molecular weight is 409 g/mol. The Morgan fingerprint density at radius 1 is 1.36 bits per heavy atom. The summed E-state index contributed by atoms with van der Waals surface area (Å²) in [5, 5.41) is 8.99. The molecule has 0 radical (unpaired) electrons. The maximum Gasteiger partial charge on any atom is 0.191 e. The van der Waals surface area contributed by atoms with Crippen LogP contribution in [0.15, 0.2) is 22.5 Å². The number of hydrogen-bond acceptors (Lipinski definition) is 5. The van der Waals surface area contributed by atoms with E-state index in [2.05, 4.69) is 40.0 Å². The van der Waals surface area contributed by atoms with Crippen molar-refractivity contribution in [2.75, 3.05) is 52.5 Å². The summed E-state index contributed by atoms with van der Waals surface area (Å²) in [4.78, 5) is 8.90. The van der Waals surface area contributed by atoms with Crippen molar-refractivity contribution < 1.29 is 9.47 Å². The number of thiophene rings is 1. The van der Waals surface area contributed by atoms with Crippen molar-refractivity contribution in [2.45, 2.75) is 51.2 Å². The van der Waals surface area contributed by atoms with Crippen molar-refractivity contribution in [3.05, 3.63) is 22.4 Å². The lowest BCUT2D eigenvalue weighted by Crippen LogP contribution is -2.39. The van der Waals surface area contributed by atoms with Gasteiger partial charge in [0.15, 0.2) is 5.96 Å². The zero-order chi connectivity index (χ0) is 19.4. The van der Waals surface area contributed by atoms with Gasteiger partial charge >= 0.3 is 0 Å². The lowest BCUT2D eigenvalue weighted by atomic mass is 10.2. The van der Waals surface area contributed by atoms with Crippen molar-refractivity contribution in [3.63, 3.8) is 0 Å². The molecule has 6 nitrogen and oxygen atoms in total. The standard InChI is InChI=1S/C21H36N4O2S/c1-2-22-21(23-10-7-13-26-17-18-8-5-14-27-18)24-16-19(20-9-6-15-28-20)25-11-3-4-12-25/h6,9,15,18-19H,2-5,7-8,10-14,16-17H2,1H3,(H2,22,23,24). The zero-order valence-corrected chi connectivity index (χ0v) is 18.0. The summed E-state index contributed by atoms with van der Waals surface area (Å²) in [5.74, 6) is 0.905. The molecule has 2 atom stereocenters. The fraction of sp³-hybridized carbons (Fsp3) is 0.762. The van der Waals surface area contributed by atoms with Crippen LogP contribution in [0.1, 0.15) is 49.9 Å². The molecule has 2 aliphatic rings. The first-order chi connectivity index (χ1) is 13.9. The van der Waals surface area contributed by atoms with E-state index >= 15 is 0 Å². The summed E-state index contributed by atoms with van der Waals surface area (Å²) in [6.45, 7) is 9.39. The van der Waals surface area contributed by atoms with Gasteiger partial charge in [-0.2, -0.15) is 0 Å². The number of guanidine groups is 1. The summed E-state index contributed by atoms with van der Waals surface area (Å²) >= 11 is 1.84. The lowest BCUT2D eigenvalue weighted by Gasteiger charge is -2.25. The van der Waals surface area contributed by atoms with Crippen molar-refractivity contribution in [1.82, 2.24) is 15.5 Å². The quantitative estimate of drug-likeness (QED) is 0.335. The third-order valence-corrected chi connectivity index (χ3v) is 6.28. The van der Waals surface area contributed by atoms with Crippen LogP contribution in [0.2, 0.25) is 0 Å². The van der Waals surface area contributed by atoms with E-state index < -0.39 is 0 Å². The van der Waals surface area contributed by atoms with Crippen LogP contribution in [0, 0.1) is 0 Å². The Labute approximate surface area is 173 Å². The molecular weight excluding hydrogens is 372 g/mol. The predicted octanol–water partition coefficient (Wildman–Crippen LogP) is 3.03. The summed E-state index contributed by atoms with van der Waals surface area (Å²) in [6, 6.07) is 4.79. The van der Waals surface area contributed by atoms with E-state index in [0.717, 1.165) is 58.3 Å². The van der Waals surface area contributed by atoms with E-state index in [-0.39, 0.29) is 0 Å². The molecule has 2 saturated heterocycles. The van der Waals surface area contributed by atoms with Gasteiger partial charge < -0.3 is 20.1 Å². The number of rotatable bonds is 11. The third-order valence-electron chi connectivity index (χ3n) is 5.31. The van der Waals surface area contributed by atoms with Crippen LogP contribution in [0.5, 0.6) is 0 Å². The Kier molecular flexibility index (Phi) is 9.56.